The molecule has 4 unspecified atom stereocenters. The predicted octanol–water partition coefficient (Wildman–Crippen LogP) is -0.0131. The van der Waals surface area contributed by atoms with Crippen LogP contribution < -0.4 is 0 Å². The Bertz CT molecular complexity index is 843. The number of hydrogen-bond acceptors (Lipinski definition) is 11. The molecule has 0 bridgehead atoms. The zero-order valence-corrected chi connectivity index (χ0v) is 15.1. The van der Waals surface area contributed by atoms with Gasteiger partial charge in [0.15, 0.2) is 18.4 Å². The molecule has 1 aliphatic heterocycles. The summed E-state index contributed by atoms with van der Waals surface area (Å²) in [4.78, 5) is 47.9. The van der Waals surface area contributed by atoms with E-state index in [-0.39, 0.29) is 6.61 Å². The molecule has 0 aliphatic carbocycles. The van der Waals surface area contributed by atoms with Crippen molar-refractivity contribution < 1.29 is 38.3 Å². The van der Waals surface area contributed by atoms with Gasteiger partial charge in [-0.05, 0) is 9.91 Å². The van der Waals surface area contributed by atoms with E-state index in [9.17, 15) is 29.8 Å². The lowest BCUT2D eigenvalue weighted by Crippen LogP contribution is -2.40. The lowest BCUT2D eigenvalue weighted by atomic mass is 10.1. The third-order valence-corrected chi connectivity index (χ3v) is 3.67. The summed E-state index contributed by atoms with van der Waals surface area (Å²) < 4.78 is 21.9. The van der Waals surface area contributed by atoms with Gasteiger partial charge in [-0.25, -0.2) is 0 Å². The number of nitrogens with zero attached hydrogens (tertiary/aromatic N) is 4. The predicted molar refractivity (Wildman–Crippen MR) is 85.2 cm³/mol. The van der Waals surface area contributed by atoms with Crippen molar-refractivity contribution in [3.8, 4) is 6.07 Å². The molecule has 13 heteroatoms. The van der Waals surface area contributed by atoms with E-state index in [4.69, 9.17) is 18.9 Å². The molecule has 1 aromatic heterocycles. The molecule has 1 aromatic rings. The minimum Gasteiger partial charge on any atom is -0.463 e. The Labute approximate surface area is 157 Å². The second-order valence-corrected chi connectivity index (χ2v) is 5.71. The van der Waals surface area contributed by atoms with E-state index in [0.29, 0.717) is 0 Å². The zero-order valence-electron chi connectivity index (χ0n) is 15.1. The van der Waals surface area contributed by atoms with Crippen LogP contribution in [0.3, 0.4) is 0 Å². The smallest absolute Gasteiger partial charge is 0.400 e. The Kier molecular flexibility index (Phi) is 6.26. The Morgan fingerprint density at radius 1 is 1.25 bits per heavy atom. The number of aromatic nitrogens is 2. The highest BCUT2D eigenvalue weighted by Gasteiger charge is 2.51. The summed E-state index contributed by atoms with van der Waals surface area (Å²) in [5.74, 6) is -2.83. The average Bonchev–Trinajstić information content (AvgIpc) is 3.14. The number of nitriles is 1. The highest BCUT2D eigenvalue weighted by atomic mass is 16.7. The molecule has 2 rings (SSSR count). The maximum absolute atomic E-state index is 11.5. The normalized spacial score (nSPS) is 23.5. The number of rotatable bonds is 6. The van der Waals surface area contributed by atoms with Crippen LogP contribution in [0.1, 0.15) is 32.7 Å². The molecule has 1 saturated heterocycles. The van der Waals surface area contributed by atoms with Gasteiger partial charge in [0.2, 0.25) is 12.0 Å². The van der Waals surface area contributed by atoms with E-state index in [1.54, 1.807) is 6.07 Å². The molecule has 4 atom stereocenters. The number of carbonyl (C=O) groups excluding carboxylic acids is 3. The van der Waals surface area contributed by atoms with E-state index < -0.39 is 58.9 Å². The van der Waals surface area contributed by atoms with Crippen molar-refractivity contribution in [3.63, 3.8) is 0 Å². The van der Waals surface area contributed by atoms with Crippen LogP contribution in [0.5, 0.6) is 0 Å². The van der Waals surface area contributed by atoms with Gasteiger partial charge in [0.25, 0.3) is 0 Å². The third kappa shape index (κ3) is 4.41. The van der Waals surface area contributed by atoms with E-state index in [2.05, 4.69) is 4.98 Å². The molecule has 2 heterocycles. The van der Waals surface area contributed by atoms with Crippen LogP contribution in [0.2, 0.25) is 0 Å². The number of nitro groups is 1. The van der Waals surface area contributed by atoms with Crippen molar-refractivity contribution in [2.24, 2.45) is 0 Å². The van der Waals surface area contributed by atoms with Gasteiger partial charge < -0.3 is 29.1 Å². The second kappa shape index (κ2) is 8.44. The molecule has 0 amide bonds. The summed E-state index contributed by atoms with van der Waals surface area (Å²) in [5.41, 5.74) is -0.457. The number of esters is 3. The summed E-state index contributed by atoms with van der Waals surface area (Å²) in [6.45, 7) is 3.02. The quantitative estimate of drug-likeness (QED) is 0.274. The van der Waals surface area contributed by atoms with Crippen LogP contribution in [0.4, 0.5) is 5.82 Å². The van der Waals surface area contributed by atoms with Gasteiger partial charge in [0.05, 0.1) is 0 Å². The zero-order chi connectivity index (χ0) is 21.0. The van der Waals surface area contributed by atoms with Crippen LogP contribution in [-0.2, 0) is 33.3 Å². The van der Waals surface area contributed by atoms with Crippen molar-refractivity contribution in [1.82, 2.24) is 9.55 Å². The summed E-state index contributed by atoms with van der Waals surface area (Å²) in [6.07, 6.45) is -3.85. The van der Waals surface area contributed by atoms with Crippen LogP contribution in [-0.4, -0.2) is 57.3 Å². The molecule has 0 saturated carbocycles. The first-order valence-corrected chi connectivity index (χ1v) is 7.90. The fourth-order valence-corrected chi connectivity index (χ4v) is 2.70. The molecule has 0 radical (unpaired) electrons. The summed E-state index contributed by atoms with van der Waals surface area (Å²) in [7, 11) is 0. The van der Waals surface area contributed by atoms with E-state index in [1.165, 1.54) is 0 Å². The Balaban J connectivity index is 2.47. The minimum absolute atomic E-state index is 0.347. The molecule has 0 aromatic carbocycles. The van der Waals surface area contributed by atoms with Crippen molar-refractivity contribution >= 4 is 23.7 Å². The molecule has 1 fully saturated rings. The average molecular weight is 396 g/mol. The molecular formula is C15H16N4O9. The van der Waals surface area contributed by atoms with Crippen molar-refractivity contribution in [1.29, 1.82) is 5.26 Å². The van der Waals surface area contributed by atoms with Gasteiger partial charge >= 0.3 is 23.7 Å². The largest absolute Gasteiger partial charge is 0.463 e. The minimum atomic E-state index is -1.29. The van der Waals surface area contributed by atoms with Crippen LogP contribution >= 0.6 is 0 Å². The summed E-state index contributed by atoms with van der Waals surface area (Å²) in [5, 5.41) is 20.3. The highest BCUT2D eigenvalue weighted by Crippen LogP contribution is 2.36. The molecule has 0 N–H and O–H groups in total. The Morgan fingerprint density at radius 2 is 1.86 bits per heavy atom. The van der Waals surface area contributed by atoms with E-state index in [0.717, 1.165) is 31.7 Å². The van der Waals surface area contributed by atoms with Crippen molar-refractivity contribution in [2.75, 3.05) is 6.61 Å². The Morgan fingerprint density at radius 3 is 2.36 bits per heavy atom. The van der Waals surface area contributed by atoms with Gasteiger partial charge in [-0.3, -0.25) is 19.0 Å². The maximum Gasteiger partial charge on any atom is 0.400 e. The fraction of sp³-hybridized carbons (Fsp3) is 0.533. The summed E-state index contributed by atoms with van der Waals surface area (Å²) >= 11 is 0. The van der Waals surface area contributed by atoms with Crippen molar-refractivity contribution in [2.45, 2.75) is 45.3 Å². The van der Waals surface area contributed by atoms with E-state index in [1.807, 2.05) is 0 Å². The number of ether oxygens (including phenoxy) is 4. The third-order valence-electron chi connectivity index (χ3n) is 3.67. The molecule has 0 spiro atoms. The van der Waals surface area contributed by atoms with Gasteiger partial charge in [-0.15, -0.1) is 0 Å². The number of imidazole rings is 1. The highest BCUT2D eigenvalue weighted by molar-refractivity contribution is 5.68. The van der Waals surface area contributed by atoms with Gasteiger partial charge in [0.1, 0.15) is 18.8 Å². The van der Waals surface area contributed by atoms with Gasteiger partial charge in [0, 0.05) is 20.8 Å². The van der Waals surface area contributed by atoms with E-state index >= 15 is 0 Å². The SMILES string of the molecule is CC(=O)OCC1OC(n2cnc([N+](=O)[O-])c2C#N)C(OC(C)=O)C1OC(C)=O. The summed E-state index contributed by atoms with van der Waals surface area (Å²) in [6, 6.07) is 1.64. The number of hydrogen-bond donors (Lipinski definition) is 0. The standard InChI is InChI=1S/C15H16N4O9/c1-7(20)25-5-11-12(26-8(2)21)13(27-9(3)22)15(28-11)18-6-17-14(19(23)24)10(18)4-16/h6,11-13,15H,5H2,1-3H3. The van der Waals surface area contributed by atoms with Crippen LogP contribution in [0, 0.1) is 21.4 Å². The lowest BCUT2D eigenvalue weighted by Gasteiger charge is -2.23. The van der Waals surface area contributed by atoms with Crippen LogP contribution in [0.15, 0.2) is 6.33 Å². The number of carbonyl (C=O) groups is 3. The van der Waals surface area contributed by atoms with Crippen molar-refractivity contribution in [3.05, 3.63) is 22.1 Å². The van der Waals surface area contributed by atoms with Gasteiger partial charge in [-0.1, -0.05) is 0 Å². The first-order valence-electron chi connectivity index (χ1n) is 7.90. The maximum atomic E-state index is 11.5. The first kappa shape index (κ1) is 20.8. The van der Waals surface area contributed by atoms with Gasteiger partial charge in [-0.2, -0.15) is 5.26 Å². The lowest BCUT2D eigenvalue weighted by molar-refractivity contribution is -0.389. The first-order chi connectivity index (χ1) is 13.1. The Hall–Kier alpha value is -3.53. The molecule has 13 nitrogen and oxygen atoms in total. The molecular weight excluding hydrogens is 380 g/mol. The monoisotopic (exact) mass is 396 g/mol. The van der Waals surface area contributed by atoms with Crippen LogP contribution in [0.25, 0.3) is 0 Å². The fourth-order valence-electron chi connectivity index (χ4n) is 2.70. The molecule has 1 aliphatic rings. The second-order valence-electron chi connectivity index (χ2n) is 5.71. The molecule has 28 heavy (non-hydrogen) atoms. The topological polar surface area (TPSA) is 173 Å². The molecule has 150 valence electrons.